The topological polar surface area (TPSA) is 75.9 Å². The highest BCUT2D eigenvalue weighted by molar-refractivity contribution is 5.90. The minimum atomic E-state index is -3.49. The quantitative estimate of drug-likeness (QED) is 0.901. The summed E-state index contributed by atoms with van der Waals surface area (Å²) in [5.41, 5.74) is 5.67. The Morgan fingerprint density at radius 2 is 2.08 bits per heavy atom. The van der Waals surface area contributed by atoms with Gasteiger partial charge in [-0.1, -0.05) is 0 Å². The lowest BCUT2D eigenvalue weighted by atomic mass is 10.0. The maximum Gasteiger partial charge on any atom is 0.414 e. The number of nitrogens with two attached hydrogens (primary N) is 1. The summed E-state index contributed by atoms with van der Waals surface area (Å²) in [7, 11) is 0. The van der Waals surface area contributed by atoms with Crippen LogP contribution in [0.2, 0.25) is 0 Å². The van der Waals surface area contributed by atoms with E-state index in [2.05, 4.69) is 0 Å². The van der Waals surface area contributed by atoms with Crippen LogP contribution in [0.15, 0.2) is 18.2 Å². The number of Topliss-reactive ketones (excluding diaryl/α,β-unsaturated/α-hetero) is 1. The van der Waals surface area contributed by atoms with E-state index in [1.165, 1.54) is 17.0 Å². The largest absolute Gasteiger partial charge is 0.443 e. The molecule has 0 aromatic heterocycles. The van der Waals surface area contributed by atoms with E-state index in [0.29, 0.717) is 0 Å². The van der Waals surface area contributed by atoms with Crippen LogP contribution >= 0.6 is 0 Å². The summed E-state index contributed by atoms with van der Waals surface area (Å²) in [6.07, 6.45) is -1.44. The molecule has 0 radical (unpaired) electrons. The molecule has 6 nitrogen and oxygen atoms in total. The second kappa shape index (κ2) is 5.97. The van der Waals surface area contributed by atoms with Crippen LogP contribution in [0.25, 0.3) is 0 Å². The maximum atomic E-state index is 14.4. The number of carbonyl (C=O) groups excluding carboxylic acids is 2. The van der Waals surface area contributed by atoms with Crippen LogP contribution < -0.4 is 15.5 Å². The van der Waals surface area contributed by atoms with Gasteiger partial charge in [0.25, 0.3) is 0 Å². The van der Waals surface area contributed by atoms with Gasteiger partial charge >= 0.3 is 12.0 Å². The number of cyclic esters (lactones) is 1. The third-order valence-corrected chi connectivity index (χ3v) is 4.13. The van der Waals surface area contributed by atoms with Crippen molar-refractivity contribution in [2.75, 3.05) is 36.0 Å². The van der Waals surface area contributed by atoms with Gasteiger partial charge in [-0.15, -0.1) is 0 Å². The zero-order valence-electron chi connectivity index (χ0n) is 12.7. The van der Waals surface area contributed by atoms with E-state index in [1.807, 2.05) is 0 Å². The average Bonchev–Trinajstić information content (AvgIpc) is 2.91. The molecule has 9 heteroatoms. The molecule has 130 valence electrons. The first-order valence-electron chi connectivity index (χ1n) is 7.45. The average molecular weight is 343 g/mol. The van der Waals surface area contributed by atoms with Gasteiger partial charge in [-0.2, -0.15) is 8.78 Å². The summed E-state index contributed by atoms with van der Waals surface area (Å²) in [6.45, 7) is -0.487. The van der Waals surface area contributed by atoms with Crippen LogP contribution in [0.4, 0.5) is 29.3 Å². The first-order valence-corrected chi connectivity index (χ1v) is 7.45. The Bertz CT molecular complexity index is 683. The number of ether oxygens (including phenoxy) is 1. The lowest BCUT2D eigenvalue weighted by Crippen LogP contribution is -2.49. The number of carbonyl (C=O) groups is 2. The fraction of sp³-hybridized carbons (Fsp3) is 0.467. The number of nitrogens with zero attached hydrogens (tertiary/aromatic N) is 2. The van der Waals surface area contributed by atoms with Gasteiger partial charge in [-0.25, -0.2) is 9.18 Å². The molecule has 0 saturated carbocycles. The van der Waals surface area contributed by atoms with Gasteiger partial charge in [-0.05, 0) is 18.2 Å². The van der Waals surface area contributed by atoms with Crippen molar-refractivity contribution in [1.82, 2.24) is 0 Å². The van der Waals surface area contributed by atoms with Crippen molar-refractivity contribution in [1.29, 1.82) is 0 Å². The molecule has 2 aliphatic heterocycles. The molecular formula is C15H16F3N3O3. The normalized spacial score (nSPS) is 23.6. The van der Waals surface area contributed by atoms with Crippen LogP contribution in [0.1, 0.15) is 6.42 Å². The highest BCUT2D eigenvalue weighted by atomic mass is 19.3. The number of anilines is 2. The molecule has 2 fully saturated rings. The Morgan fingerprint density at radius 3 is 2.67 bits per heavy atom. The van der Waals surface area contributed by atoms with Crippen LogP contribution in [0.3, 0.4) is 0 Å². The number of halogens is 3. The Labute approximate surface area is 135 Å². The Balaban J connectivity index is 1.81. The van der Waals surface area contributed by atoms with E-state index >= 15 is 0 Å². The van der Waals surface area contributed by atoms with E-state index in [-0.39, 0.29) is 37.4 Å². The van der Waals surface area contributed by atoms with Crippen molar-refractivity contribution in [3.8, 4) is 0 Å². The van der Waals surface area contributed by atoms with Crippen LogP contribution in [-0.4, -0.2) is 50.1 Å². The number of ketones is 1. The van der Waals surface area contributed by atoms with Gasteiger partial charge in [0.15, 0.2) is 0 Å². The van der Waals surface area contributed by atoms with Crippen LogP contribution in [0.5, 0.6) is 0 Å². The summed E-state index contributed by atoms with van der Waals surface area (Å²) in [4.78, 5) is 25.3. The van der Waals surface area contributed by atoms with Crippen molar-refractivity contribution in [3.63, 3.8) is 0 Å². The van der Waals surface area contributed by atoms with Gasteiger partial charge in [-0.3, -0.25) is 9.69 Å². The first kappa shape index (κ1) is 16.6. The molecule has 1 atom stereocenters. The predicted molar refractivity (Wildman–Crippen MR) is 79.9 cm³/mol. The smallest absolute Gasteiger partial charge is 0.414 e. The molecule has 2 aliphatic rings. The van der Waals surface area contributed by atoms with Crippen molar-refractivity contribution < 1.29 is 27.5 Å². The zero-order chi connectivity index (χ0) is 17.5. The highest BCUT2D eigenvalue weighted by Crippen LogP contribution is 2.32. The maximum absolute atomic E-state index is 14.4. The molecule has 0 unspecified atom stereocenters. The lowest BCUT2D eigenvalue weighted by molar-refractivity contribution is -0.143. The fourth-order valence-corrected chi connectivity index (χ4v) is 2.81. The predicted octanol–water partition coefficient (Wildman–Crippen LogP) is 1.52. The van der Waals surface area contributed by atoms with E-state index in [4.69, 9.17) is 10.5 Å². The minimum absolute atomic E-state index is 0.0195. The molecule has 2 saturated heterocycles. The molecule has 2 heterocycles. The SMILES string of the molecule is NC[C@H]1CN(c2ccc(N3CCC(=O)C(F)(F)C3)c(F)c2)C(=O)O1. The van der Waals surface area contributed by atoms with Gasteiger partial charge in [0.1, 0.15) is 11.9 Å². The third kappa shape index (κ3) is 2.91. The molecule has 2 N–H and O–H groups in total. The Morgan fingerprint density at radius 1 is 1.33 bits per heavy atom. The van der Waals surface area contributed by atoms with Crippen molar-refractivity contribution in [3.05, 3.63) is 24.0 Å². The van der Waals surface area contributed by atoms with Gasteiger partial charge in [0, 0.05) is 19.5 Å². The number of alkyl halides is 2. The Hall–Kier alpha value is -2.29. The van der Waals surface area contributed by atoms with Crippen molar-refractivity contribution in [2.24, 2.45) is 5.73 Å². The number of hydrogen-bond donors (Lipinski definition) is 1. The van der Waals surface area contributed by atoms with E-state index in [9.17, 15) is 22.8 Å². The number of hydrogen-bond acceptors (Lipinski definition) is 5. The standard InChI is InChI=1S/C15H16F3N3O3/c16-11-5-9(21-7-10(6-19)24-14(21)23)1-2-12(11)20-4-3-13(22)15(17,18)8-20/h1-2,5,10H,3-4,6-8,19H2/t10-/m0/s1. The zero-order valence-corrected chi connectivity index (χ0v) is 12.7. The monoisotopic (exact) mass is 343 g/mol. The number of benzene rings is 1. The second-order valence-electron chi connectivity index (χ2n) is 5.79. The van der Waals surface area contributed by atoms with Crippen LogP contribution in [0, 0.1) is 5.82 Å². The number of amides is 1. The fourth-order valence-electron chi connectivity index (χ4n) is 2.81. The molecular weight excluding hydrogens is 327 g/mol. The summed E-state index contributed by atoms with van der Waals surface area (Å²) < 4.78 is 46.4. The van der Waals surface area contributed by atoms with Gasteiger partial charge < -0.3 is 15.4 Å². The summed E-state index contributed by atoms with van der Waals surface area (Å²) in [5, 5.41) is 0. The molecule has 3 rings (SSSR count). The minimum Gasteiger partial charge on any atom is -0.443 e. The summed E-state index contributed by atoms with van der Waals surface area (Å²) in [5.74, 6) is -5.37. The van der Waals surface area contributed by atoms with Crippen molar-refractivity contribution in [2.45, 2.75) is 18.4 Å². The first-order chi connectivity index (χ1) is 11.3. The second-order valence-corrected chi connectivity index (χ2v) is 5.79. The molecule has 1 amide bonds. The van der Waals surface area contributed by atoms with Gasteiger partial charge in [0.05, 0.1) is 24.5 Å². The van der Waals surface area contributed by atoms with E-state index in [1.54, 1.807) is 0 Å². The summed E-state index contributed by atoms with van der Waals surface area (Å²) >= 11 is 0. The highest BCUT2D eigenvalue weighted by Gasteiger charge is 2.44. The van der Waals surface area contributed by atoms with E-state index < -0.39 is 36.3 Å². The van der Waals surface area contributed by atoms with Crippen molar-refractivity contribution >= 4 is 23.3 Å². The molecule has 24 heavy (non-hydrogen) atoms. The number of rotatable bonds is 3. The molecule has 0 aliphatic carbocycles. The Kier molecular flexibility index (Phi) is 4.12. The lowest BCUT2D eigenvalue weighted by Gasteiger charge is -2.33. The van der Waals surface area contributed by atoms with E-state index in [0.717, 1.165) is 11.0 Å². The third-order valence-electron chi connectivity index (χ3n) is 4.13. The van der Waals surface area contributed by atoms with Crippen LogP contribution in [-0.2, 0) is 9.53 Å². The molecule has 1 aromatic rings. The summed E-state index contributed by atoms with van der Waals surface area (Å²) in [6, 6.07) is 3.86. The number of piperidine rings is 1. The van der Waals surface area contributed by atoms with Gasteiger partial charge in [0.2, 0.25) is 5.78 Å². The molecule has 0 spiro atoms. The molecule has 1 aromatic carbocycles. The molecule has 0 bridgehead atoms.